The molecule has 25 heavy (non-hydrogen) atoms. The number of ether oxygens (including phenoxy) is 2. The normalized spacial score (nSPS) is 10.6. The third-order valence-corrected chi connectivity index (χ3v) is 3.48. The van der Waals surface area contributed by atoms with Gasteiger partial charge in [-0.2, -0.15) is 4.98 Å². The summed E-state index contributed by atoms with van der Waals surface area (Å²) in [6.07, 6.45) is 0. The molecule has 0 atom stereocenters. The van der Waals surface area contributed by atoms with Crippen LogP contribution in [0.1, 0.15) is 17.3 Å². The summed E-state index contributed by atoms with van der Waals surface area (Å²) >= 11 is 0. The Morgan fingerprint density at radius 2 is 1.88 bits per heavy atom. The fraction of sp³-hybridized carbons (Fsp3) is 0.222. The Balaban J connectivity index is 1.84. The third-order valence-electron chi connectivity index (χ3n) is 3.48. The lowest BCUT2D eigenvalue weighted by atomic mass is 10.2. The lowest BCUT2D eigenvalue weighted by Gasteiger charge is -2.14. The van der Waals surface area contributed by atoms with Gasteiger partial charge in [0.1, 0.15) is 5.82 Å². The summed E-state index contributed by atoms with van der Waals surface area (Å²) < 4.78 is 29.9. The predicted molar refractivity (Wildman–Crippen MR) is 90.6 cm³/mol. The maximum Gasteiger partial charge on any atom is 0.245 e. The minimum atomic E-state index is -0.382. The van der Waals surface area contributed by atoms with Crippen molar-refractivity contribution in [2.24, 2.45) is 0 Å². The first-order valence-electron chi connectivity index (χ1n) is 7.70. The molecule has 0 spiro atoms. The van der Waals surface area contributed by atoms with Crippen molar-refractivity contribution >= 4 is 5.69 Å². The molecule has 0 saturated heterocycles. The number of aryl methyl sites for hydroxylation is 2. The van der Waals surface area contributed by atoms with Gasteiger partial charge in [-0.3, -0.25) is 0 Å². The van der Waals surface area contributed by atoms with Crippen LogP contribution in [0.15, 0.2) is 40.9 Å². The van der Waals surface area contributed by atoms with Crippen LogP contribution < -0.4 is 14.8 Å². The number of benzene rings is 2. The first kappa shape index (κ1) is 16.8. The zero-order valence-corrected chi connectivity index (χ0v) is 14.2. The maximum atomic E-state index is 13.6. The highest BCUT2D eigenvalue weighted by atomic mass is 19.1. The number of rotatable bonds is 6. The summed E-state index contributed by atoms with van der Waals surface area (Å²) in [4.78, 5) is 4.10. The van der Waals surface area contributed by atoms with Gasteiger partial charge in [0.15, 0.2) is 23.1 Å². The predicted octanol–water partition coefficient (Wildman–Crippen LogP) is 4.24. The van der Waals surface area contributed by atoms with E-state index < -0.39 is 0 Å². The van der Waals surface area contributed by atoms with Crippen LogP contribution in [0, 0.1) is 19.7 Å². The molecule has 3 rings (SSSR count). The Kier molecular flexibility index (Phi) is 4.83. The van der Waals surface area contributed by atoms with E-state index in [9.17, 15) is 4.39 Å². The largest absolute Gasteiger partial charge is 0.493 e. The zero-order valence-electron chi connectivity index (χ0n) is 14.2. The van der Waals surface area contributed by atoms with E-state index in [1.807, 2.05) is 25.1 Å². The van der Waals surface area contributed by atoms with Crippen LogP contribution in [0.5, 0.6) is 17.2 Å². The first-order chi connectivity index (χ1) is 12.0. The van der Waals surface area contributed by atoms with Gasteiger partial charge in [0.05, 0.1) is 19.3 Å². The van der Waals surface area contributed by atoms with E-state index in [4.69, 9.17) is 14.0 Å². The van der Waals surface area contributed by atoms with Crippen LogP contribution in [0.3, 0.4) is 0 Å². The second kappa shape index (κ2) is 7.21. The van der Waals surface area contributed by atoms with Crippen molar-refractivity contribution in [3.63, 3.8) is 0 Å². The number of anilines is 1. The molecule has 3 aromatic rings. The van der Waals surface area contributed by atoms with Crippen molar-refractivity contribution in [2.75, 3.05) is 12.4 Å². The molecule has 1 N–H and O–H groups in total. The Labute approximate surface area is 144 Å². The van der Waals surface area contributed by atoms with Crippen LogP contribution in [-0.4, -0.2) is 17.3 Å². The summed E-state index contributed by atoms with van der Waals surface area (Å²) in [5.74, 6) is 2.16. The van der Waals surface area contributed by atoms with Crippen molar-refractivity contribution in [1.82, 2.24) is 10.1 Å². The monoisotopic (exact) mass is 343 g/mol. The molecule has 0 aliphatic heterocycles. The molecule has 1 aromatic heterocycles. The molecule has 0 radical (unpaired) electrons. The second-order valence-corrected chi connectivity index (χ2v) is 5.49. The van der Waals surface area contributed by atoms with Crippen molar-refractivity contribution in [3.8, 4) is 17.2 Å². The van der Waals surface area contributed by atoms with Crippen LogP contribution in [0.4, 0.5) is 10.1 Å². The fourth-order valence-corrected chi connectivity index (χ4v) is 2.29. The SMILES string of the molecule is COc1cc(C)ccc1Oc1ccc(F)cc1NCc1nc(C)no1. The molecule has 0 aliphatic rings. The molecule has 7 heteroatoms. The second-order valence-electron chi connectivity index (χ2n) is 5.49. The molecular weight excluding hydrogens is 325 g/mol. The van der Waals surface area contributed by atoms with Crippen LogP contribution >= 0.6 is 0 Å². The minimum absolute atomic E-state index is 0.256. The van der Waals surface area contributed by atoms with E-state index in [1.54, 1.807) is 20.1 Å². The Bertz CT molecular complexity index is 880. The van der Waals surface area contributed by atoms with Crippen LogP contribution in [-0.2, 0) is 6.54 Å². The standard InChI is InChI=1S/C18H18FN3O3/c1-11-4-6-16(17(8-11)23-3)24-15-7-5-13(19)9-14(15)20-10-18-21-12(2)22-25-18/h4-9,20H,10H2,1-3H3. The smallest absolute Gasteiger partial charge is 0.245 e. The van der Waals surface area contributed by atoms with Gasteiger partial charge in [0.2, 0.25) is 5.89 Å². The van der Waals surface area contributed by atoms with Gasteiger partial charge >= 0.3 is 0 Å². The van der Waals surface area contributed by atoms with Gasteiger partial charge in [-0.1, -0.05) is 11.2 Å². The Morgan fingerprint density at radius 3 is 2.60 bits per heavy atom. The van der Waals surface area contributed by atoms with Crippen LogP contribution in [0.25, 0.3) is 0 Å². The molecule has 0 aliphatic carbocycles. The molecule has 0 unspecified atom stereocenters. The fourth-order valence-electron chi connectivity index (χ4n) is 2.29. The lowest BCUT2D eigenvalue weighted by Crippen LogP contribution is -2.02. The molecule has 2 aromatic carbocycles. The highest BCUT2D eigenvalue weighted by Crippen LogP contribution is 2.36. The molecule has 0 bridgehead atoms. The minimum Gasteiger partial charge on any atom is -0.493 e. The van der Waals surface area contributed by atoms with Gasteiger partial charge in [-0.25, -0.2) is 4.39 Å². The zero-order chi connectivity index (χ0) is 17.8. The summed E-state index contributed by atoms with van der Waals surface area (Å²) in [7, 11) is 1.57. The average molecular weight is 343 g/mol. The summed E-state index contributed by atoms with van der Waals surface area (Å²) in [6.45, 7) is 3.95. The highest BCUT2D eigenvalue weighted by molar-refractivity contribution is 5.59. The van der Waals surface area contributed by atoms with Crippen molar-refractivity contribution < 1.29 is 18.4 Å². The summed E-state index contributed by atoms with van der Waals surface area (Å²) in [5.41, 5.74) is 1.52. The number of methoxy groups -OCH3 is 1. The van der Waals surface area contributed by atoms with E-state index in [0.29, 0.717) is 34.7 Å². The molecule has 130 valence electrons. The van der Waals surface area contributed by atoms with E-state index >= 15 is 0 Å². The number of nitrogens with one attached hydrogen (secondary N) is 1. The third kappa shape index (κ3) is 4.06. The number of nitrogens with zero attached hydrogens (tertiary/aromatic N) is 2. The summed E-state index contributed by atoms with van der Waals surface area (Å²) in [6, 6.07) is 9.82. The topological polar surface area (TPSA) is 69.4 Å². The lowest BCUT2D eigenvalue weighted by molar-refractivity contribution is 0.376. The molecule has 0 saturated carbocycles. The van der Waals surface area contributed by atoms with E-state index in [2.05, 4.69) is 15.5 Å². The van der Waals surface area contributed by atoms with Crippen molar-refractivity contribution in [1.29, 1.82) is 0 Å². The maximum absolute atomic E-state index is 13.6. The summed E-state index contributed by atoms with van der Waals surface area (Å²) in [5, 5.41) is 6.77. The highest BCUT2D eigenvalue weighted by Gasteiger charge is 2.12. The molecule has 1 heterocycles. The van der Waals surface area contributed by atoms with Crippen molar-refractivity contribution in [3.05, 3.63) is 59.5 Å². The van der Waals surface area contributed by atoms with Gasteiger partial charge in [-0.05, 0) is 43.7 Å². The Morgan fingerprint density at radius 1 is 1.08 bits per heavy atom. The van der Waals surface area contributed by atoms with Gasteiger partial charge in [-0.15, -0.1) is 0 Å². The van der Waals surface area contributed by atoms with Gasteiger partial charge in [0.25, 0.3) is 0 Å². The number of aromatic nitrogens is 2. The van der Waals surface area contributed by atoms with E-state index in [1.165, 1.54) is 12.1 Å². The van der Waals surface area contributed by atoms with E-state index in [-0.39, 0.29) is 12.4 Å². The quantitative estimate of drug-likeness (QED) is 0.722. The first-order valence-corrected chi connectivity index (χ1v) is 7.70. The van der Waals surface area contributed by atoms with Gasteiger partial charge in [0, 0.05) is 6.07 Å². The molecular formula is C18H18FN3O3. The Hall–Kier alpha value is -3.09. The average Bonchev–Trinajstić information content (AvgIpc) is 3.01. The molecule has 6 nitrogen and oxygen atoms in total. The van der Waals surface area contributed by atoms with Crippen LogP contribution in [0.2, 0.25) is 0 Å². The van der Waals surface area contributed by atoms with Crippen molar-refractivity contribution in [2.45, 2.75) is 20.4 Å². The van der Waals surface area contributed by atoms with Gasteiger partial charge < -0.3 is 19.3 Å². The number of halogens is 1. The number of hydrogen-bond donors (Lipinski definition) is 1. The number of hydrogen-bond acceptors (Lipinski definition) is 6. The van der Waals surface area contributed by atoms with E-state index in [0.717, 1.165) is 5.56 Å². The molecule has 0 fully saturated rings. The molecule has 0 amide bonds.